The zero-order chi connectivity index (χ0) is 22.0. The predicted octanol–water partition coefficient (Wildman–Crippen LogP) is 4.47. The van der Waals surface area contributed by atoms with Crippen LogP contribution in [0.25, 0.3) is 5.76 Å². The van der Waals surface area contributed by atoms with Gasteiger partial charge in [-0.05, 0) is 30.3 Å². The Morgan fingerprint density at radius 2 is 1.97 bits per heavy atom. The zero-order valence-electron chi connectivity index (χ0n) is 16.2. The minimum absolute atomic E-state index is 0.0874. The van der Waals surface area contributed by atoms with Crippen molar-refractivity contribution < 1.29 is 23.8 Å². The number of thiazole rings is 1. The van der Waals surface area contributed by atoms with E-state index in [1.165, 1.54) is 24.4 Å². The van der Waals surface area contributed by atoms with Crippen molar-refractivity contribution in [2.45, 2.75) is 6.04 Å². The van der Waals surface area contributed by atoms with Crippen molar-refractivity contribution >= 4 is 33.9 Å². The van der Waals surface area contributed by atoms with Gasteiger partial charge in [-0.2, -0.15) is 0 Å². The Labute approximate surface area is 181 Å². The lowest BCUT2D eigenvalue weighted by atomic mass is 9.95. The van der Waals surface area contributed by atoms with Crippen LogP contribution in [-0.4, -0.2) is 28.4 Å². The Morgan fingerprint density at radius 1 is 1.23 bits per heavy atom. The van der Waals surface area contributed by atoms with Gasteiger partial charge in [0.2, 0.25) is 0 Å². The Hall–Kier alpha value is -3.78. The lowest BCUT2D eigenvalue weighted by Gasteiger charge is -2.23. The minimum Gasteiger partial charge on any atom is -0.507 e. The number of nitrogens with zero attached hydrogens (tertiary/aromatic N) is 2. The van der Waals surface area contributed by atoms with E-state index in [4.69, 9.17) is 4.74 Å². The number of carbonyl (C=O) groups is 2. The summed E-state index contributed by atoms with van der Waals surface area (Å²) < 4.78 is 20.2. The first kappa shape index (κ1) is 20.5. The Kier molecular flexibility index (Phi) is 5.64. The predicted molar refractivity (Wildman–Crippen MR) is 115 cm³/mol. The Balaban J connectivity index is 1.85. The monoisotopic (exact) mass is 436 g/mol. The molecule has 8 heteroatoms. The van der Waals surface area contributed by atoms with E-state index < -0.39 is 29.3 Å². The van der Waals surface area contributed by atoms with E-state index in [1.807, 2.05) is 0 Å². The quantitative estimate of drug-likeness (QED) is 0.267. The molecule has 2 heterocycles. The molecule has 0 saturated carbocycles. The molecule has 1 saturated heterocycles. The van der Waals surface area contributed by atoms with Crippen LogP contribution in [0.1, 0.15) is 17.2 Å². The molecule has 1 atom stereocenters. The first-order valence-corrected chi connectivity index (χ1v) is 10.2. The standard InChI is InChI=1S/C23H17FN2O4S/c1-2-12-30-15-9-7-14(8-10-15)20(27)18-19(16-5-3-4-6-17(16)24)26(22(29)21(18)28)23-25-11-13-31-23/h2-11,13,19,27H,1,12H2/t19-/m1/s1. The fourth-order valence-electron chi connectivity index (χ4n) is 3.38. The molecule has 0 bridgehead atoms. The SMILES string of the molecule is C=CCOc1ccc(C(O)=C2C(=O)C(=O)N(c3nccs3)[C@@H]2c2ccccc2F)cc1. The van der Waals surface area contributed by atoms with Crippen LogP contribution < -0.4 is 9.64 Å². The van der Waals surface area contributed by atoms with Crippen molar-refractivity contribution in [1.82, 2.24) is 4.98 Å². The van der Waals surface area contributed by atoms with E-state index in [2.05, 4.69) is 11.6 Å². The lowest BCUT2D eigenvalue weighted by molar-refractivity contribution is -0.132. The van der Waals surface area contributed by atoms with E-state index in [0.29, 0.717) is 17.9 Å². The van der Waals surface area contributed by atoms with Crippen molar-refractivity contribution in [1.29, 1.82) is 0 Å². The average molecular weight is 436 g/mol. The number of amides is 1. The lowest BCUT2D eigenvalue weighted by Crippen LogP contribution is -2.29. The van der Waals surface area contributed by atoms with Gasteiger partial charge in [-0.1, -0.05) is 30.9 Å². The van der Waals surface area contributed by atoms with Gasteiger partial charge in [0, 0.05) is 22.7 Å². The molecule has 4 rings (SSSR count). The molecule has 1 fully saturated rings. The van der Waals surface area contributed by atoms with Crippen LogP contribution in [0.3, 0.4) is 0 Å². The molecule has 31 heavy (non-hydrogen) atoms. The molecule has 2 aromatic carbocycles. The molecule has 156 valence electrons. The second-order valence-corrected chi connectivity index (χ2v) is 7.50. The van der Waals surface area contributed by atoms with Gasteiger partial charge >= 0.3 is 5.91 Å². The van der Waals surface area contributed by atoms with Crippen LogP contribution in [0.15, 0.2) is 78.3 Å². The van der Waals surface area contributed by atoms with Crippen LogP contribution in [0, 0.1) is 5.82 Å². The van der Waals surface area contributed by atoms with Crippen molar-refractivity contribution in [2.75, 3.05) is 11.5 Å². The summed E-state index contributed by atoms with van der Waals surface area (Å²) >= 11 is 1.14. The first-order chi connectivity index (χ1) is 15.0. The van der Waals surface area contributed by atoms with Gasteiger partial charge in [0.05, 0.1) is 5.57 Å². The number of rotatable bonds is 6. The molecule has 0 unspecified atom stereocenters. The zero-order valence-corrected chi connectivity index (χ0v) is 17.0. The van der Waals surface area contributed by atoms with Crippen molar-refractivity contribution in [3.8, 4) is 5.75 Å². The molecular formula is C23H17FN2O4S. The molecule has 1 N–H and O–H groups in total. The van der Waals surface area contributed by atoms with Crippen LogP contribution in [-0.2, 0) is 9.59 Å². The summed E-state index contributed by atoms with van der Waals surface area (Å²) in [5, 5.41) is 12.9. The molecule has 1 aliphatic rings. The first-order valence-electron chi connectivity index (χ1n) is 9.32. The van der Waals surface area contributed by atoms with Gasteiger partial charge in [-0.15, -0.1) is 11.3 Å². The highest BCUT2D eigenvalue weighted by Gasteiger charge is 2.48. The highest BCUT2D eigenvalue weighted by Crippen LogP contribution is 2.43. The second kappa shape index (κ2) is 8.53. The van der Waals surface area contributed by atoms with Gasteiger partial charge in [-0.25, -0.2) is 9.37 Å². The number of aliphatic hydroxyl groups excluding tert-OH is 1. The normalized spacial score (nSPS) is 17.7. The van der Waals surface area contributed by atoms with Gasteiger partial charge in [0.25, 0.3) is 5.78 Å². The number of ketones is 1. The van der Waals surface area contributed by atoms with Gasteiger partial charge in [-0.3, -0.25) is 14.5 Å². The number of hydrogen-bond donors (Lipinski definition) is 1. The summed E-state index contributed by atoms with van der Waals surface area (Å²) in [6.07, 6.45) is 3.09. The summed E-state index contributed by atoms with van der Waals surface area (Å²) in [5.74, 6) is -2.25. The Bertz CT molecular complexity index is 1170. The number of benzene rings is 2. The van der Waals surface area contributed by atoms with E-state index in [9.17, 15) is 19.1 Å². The summed E-state index contributed by atoms with van der Waals surface area (Å²) in [6.45, 7) is 3.90. The molecule has 0 radical (unpaired) electrons. The number of ether oxygens (including phenoxy) is 1. The third-order valence-electron chi connectivity index (χ3n) is 4.77. The summed E-state index contributed by atoms with van der Waals surface area (Å²) in [7, 11) is 0. The van der Waals surface area contributed by atoms with Crippen LogP contribution in [0.4, 0.5) is 9.52 Å². The van der Waals surface area contributed by atoms with Crippen molar-refractivity contribution in [3.05, 3.63) is 95.3 Å². The van der Waals surface area contributed by atoms with E-state index >= 15 is 0 Å². The van der Waals surface area contributed by atoms with Crippen molar-refractivity contribution in [3.63, 3.8) is 0 Å². The highest BCUT2D eigenvalue weighted by molar-refractivity contribution is 7.14. The summed E-state index contributed by atoms with van der Waals surface area (Å²) in [6, 6.07) is 11.0. The average Bonchev–Trinajstić information content (AvgIpc) is 3.39. The molecule has 0 aliphatic carbocycles. The maximum absolute atomic E-state index is 14.7. The fourth-order valence-corrected chi connectivity index (χ4v) is 4.04. The number of Topliss-reactive ketones (excluding diaryl/α,β-unsaturated/α-hetero) is 1. The van der Waals surface area contributed by atoms with Crippen LogP contribution >= 0.6 is 11.3 Å². The fraction of sp³-hybridized carbons (Fsp3) is 0.0870. The number of hydrogen-bond acceptors (Lipinski definition) is 6. The van der Waals surface area contributed by atoms with Gasteiger partial charge in [0.1, 0.15) is 30.0 Å². The topological polar surface area (TPSA) is 79.7 Å². The maximum Gasteiger partial charge on any atom is 0.301 e. The number of aliphatic hydroxyl groups is 1. The van der Waals surface area contributed by atoms with E-state index in [0.717, 1.165) is 16.2 Å². The largest absolute Gasteiger partial charge is 0.507 e. The number of anilines is 1. The molecular weight excluding hydrogens is 419 g/mol. The molecule has 1 aliphatic heterocycles. The van der Waals surface area contributed by atoms with Crippen LogP contribution in [0.5, 0.6) is 5.75 Å². The minimum atomic E-state index is -1.15. The molecule has 1 aromatic heterocycles. The number of aromatic nitrogens is 1. The third-order valence-corrected chi connectivity index (χ3v) is 5.54. The van der Waals surface area contributed by atoms with Gasteiger partial charge < -0.3 is 9.84 Å². The summed E-state index contributed by atoms with van der Waals surface area (Å²) in [4.78, 5) is 31.0. The molecule has 6 nitrogen and oxygen atoms in total. The van der Waals surface area contributed by atoms with E-state index in [-0.39, 0.29) is 16.3 Å². The Morgan fingerprint density at radius 3 is 2.61 bits per heavy atom. The van der Waals surface area contributed by atoms with Crippen molar-refractivity contribution in [2.24, 2.45) is 0 Å². The molecule has 1 amide bonds. The third kappa shape index (κ3) is 3.73. The highest BCUT2D eigenvalue weighted by atomic mass is 32.1. The molecule has 3 aromatic rings. The second-order valence-electron chi connectivity index (χ2n) is 6.63. The molecule has 0 spiro atoms. The number of carbonyl (C=O) groups excluding carboxylic acids is 2. The van der Waals surface area contributed by atoms with Gasteiger partial charge in [0.15, 0.2) is 5.13 Å². The van der Waals surface area contributed by atoms with E-state index in [1.54, 1.807) is 41.8 Å². The maximum atomic E-state index is 14.7. The number of halogens is 1. The smallest absolute Gasteiger partial charge is 0.301 e. The summed E-state index contributed by atoms with van der Waals surface area (Å²) in [5.41, 5.74) is 0.180. The van der Waals surface area contributed by atoms with Crippen LogP contribution in [0.2, 0.25) is 0 Å².